The zero-order chi connectivity index (χ0) is 12.3. The number of nitrogens with two attached hydrogens (primary N) is 1. The number of methoxy groups -OCH3 is 1. The number of nitrogen functional groups attached to an aromatic ring is 1. The predicted octanol–water partition coefficient (Wildman–Crippen LogP) is 1.67. The van der Waals surface area contributed by atoms with Crippen molar-refractivity contribution in [1.29, 1.82) is 0 Å². The summed E-state index contributed by atoms with van der Waals surface area (Å²) in [5, 5.41) is 0.601. The zero-order valence-electron chi connectivity index (χ0n) is 10.3. The minimum atomic E-state index is -0.134. The van der Waals surface area contributed by atoms with E-state index in [2.05, 4.69) is 9.88 Å². The number of hydrogen-bond donors (Lipinski definition) is 1. The van der Waals surface area contributed by atoms with Gasteiger partial charge in [0.05, 0.1) is 13.5 Å². The lowest BCUT2D eigenvalue weighted by Crippen LogP contribution is -2.30. The maximum absolute atomic E-state index is 11.3. The number of carbonyl (C=O) groups excluding carboxylic acids is 1. The molecule has 2 rings (SSSR count). The molecule has 2 heterocycles. The molecule has 1 fully saturated rings. The van der Waals surface area contributed by atoms with Crippen molar-refractivity contribution in [3.8, 4) is 0 Å². The van der Waals surface area contributed by atoms with Gasteiger partial charge < -0.3 is 10.5 Å². The van der Waals surface area contributed by atoms with E-state index in [-0.39, 0.29) is 18.4 Å². The standard InChI is InChI=1S/C11H17N3O2S.ClH/c1-16-10(15)5-8-3-2-4-14(8)7-9-6-13-11(12)17-9;/h6,8H,2-5,7H2,1H3,(H2,12,13);1H. The summed E-state index contributed by atoms with van der Waals surface area (Å²) in [4.78, 5) is 18.8. The average Bonchev–Trinajstić information content (AvgIpc) is 2.89. The molecule has 0 radical (unpaired) electrons. The molecule has 2 N–H and O–H groups in total. The van der Waals surface area contributed by atoms with E-state index in [9.17, 15) is 4.79 Å². The summed E-state index contributed by atoms with van der Waals surface area (Å²) in [6.45, 7) is 1.86. The first kappa shape index (κ1) is 15.2. The fourth-order valence-electron chi connectivity index (χ4n) is 2.21. The smallest absolute Gasteiger partial charge is 0.307 e. The van der Waals surface area contributed by atoms with Gasteiger partial charge in [0.15, 0.2) is 5.13 Å². The summed E-state index contributed by atoms with van der Waals surface area (Å²) in [6, 6.07) is 0.297. The van der Waals surface area contributed by atoms with Gasteiger partial charge in [-0.2, -0.15) is 0 Å². The Balaban J connectivity index is 0.00000162. The molecule has 5 nitrogen and oxygen atoms in total. The molecule has 102 valence electrons. The molecule has 1 aromatic rings. The first-order chi connectivity index (χ1) is 8.19. The van der Waals surface area contributed by atoms with Crippen LogP contribution >= 0.6 is 23.7 Å². The Labute approximate surface area is 117 Å². The Morgan fingerprint density at radius 1 is 1.72 bits per heavy atom. The number of halogens is 1. The quantitative estimate of drug-likeness (QED) is 0.855. The van der Waals surface area contributed by atoms with Gasteiger partial charge in [-0.25, -0.2) is 4.98 Å². The lowest BCUT2D eigenvalue weighted by Gasteiger charge is -2.22. The highest BCUT2D eigenvalue weighted by atomic mass is 35.5. The fraction of sp³-hybridized carbons (Fsp3) is 0.636. The van der Waals surface area contributed by atoms with Crippen LogP contribution in [-0.4, -0.2) is 35.5 Å². The molecule has 1 aromatic heterocycles. The van der Waals surface area contributed by atoms with Crippen molar-refractivity contribution in [3.05, 3.63) is 11.1 Å². The minimum absolute atomic E-state index is 0. The number of hydrogen-bond acceptors (Lipinski definition) is 6. The number of esters is 1. The van der Waals surface area contributed by atoms with Crippen LogP contribution in [0.5, 0.6) is 0 Å². The van der Waals surface area contributed by atoms with Gasteiger partial charge in [0.2, 0.25) is 0 Å². The number of rotatable bonds is 4. The number of anilines is 1. The van der Waals surface area contributed by atoms with Crippen molar-refractivity contribution in [1.82, 2.24) is 9.88 Å². The second-order valence-electron chi connectivity index (χ2n) is 4.21. The zero-order valence-corrected chi connectivity index (χ0v) is 11.9. The van der Waals surface area contributed by atoms with Crippen LogP contribution in [0.1, 0.15) is 24.1 Å². The molecule has 0 amide bonds. The second kappa shape index (κ2) is 6.92. The molecular formula is C11H18ClN3O2S. The highest BCUT2D eigenvalue weighted by molar-refractivity contribution is 7.15. The Kier molecular flexibility index (Phi) is 5.84. The van der Waals surface area contributed by atoms with Gasteiger partial charge in [0.25, 0.3) is 0 Å². The van der Waals surface area contributed by atoms with Crippen LogP contribution in [0.3, 0.4) is 0 Å². The molecule has 1 unspecified atom stereocenters. The van der Waals surface area contributed by atoms with Gasteiger partial charge in [0.1, 0.15) is 0 Å². The van der Waals surface area contributed by atoms with Crippen LogP contribution in [0.25, 0.3) is 0 Å². The van der Waals surface area contributed by atoms with Gasteiger partial charge in [-0.3, -0.25) is 9.69 Å². The van der Waals surface area contributed by atoms with Gasteiger partial charge >= 0.3 is 5.97 Å². The van der Waals surface area contributed by atoms with E-state index in [1.165, 1.54) is 18.4 Å². The van der Waals surface area contributed by atoms with Crippen LogP contribution in [0.15, 0.2) is 6.20 Å². The summed E-state index contributed by atoms with van der Waals surface area (Å²) in [6.07, 6.45) is 4.48. The third-order valence-electron chi connectivity index (χ3n) is 3.06. The number of nitrogens with zero attached hydrogens (tertiary/aromatic N) is 2. The van der Waals surface area contributed by atoms with Gasteiger partial charge in [-0.1, -0.05) is 0 Å². The largest absolute Gasteiger partial charge is 0.469 e. The molecule has 0 bridgehead atoms. The SMILES string of the molecule is COC(=O)CC1CCCN1Cc1cnc(N)s1.Cl. The van der Waals surface area contributed by atoms with Crippen molar-refractivity contribution in [2.45, 2.75) is 31.8 Å². The molecule has 7 heteroatoms. The van der Waals surface area contributed by atoms with Crippen LogP contribution in [0.4, 0.5) is 5.13 Å². The van der Waals surface area contributed by atoms with Crippen LogP contribution in [-0.2, 0) is 16.1 Å². The van der Waals surface area contributed by atoms with E-state index in [0.717, 1.165) is 30.8 Å². The molecule has 0 aliphatic carbocycles. The average molecular weight is 292 g/mol. The molecule has 0 aromatic carbocycles. The molecule has 1 atom stereocenters. The molecule has 1 aliphatic rings. The van der Waals surface area contributed by atoms with Crippen molar-refractivity contribution in [3.63, 3.8) is 0 Å². The Bertz CT molecular complexity index is 399. The summed E-state index contributed by atoms with van der Waals surface area (Å²) in [5.74, 6) is -0.134. The lowest BCUT2D eigenvalue weighted by molar-refractivity contribution is -0.141. The van der Waals surface area contributed by atoms with Crippen LogP contribution < -0.4 is 5.73 Å². The maximum Gasteiger partial charge on any atom is 0.307 e. The molecular weight excluding hydrogens is 274 g/mol. The van der Waals surface area contributed by atoms with Crippen LogP contribution in [0, 0.1) is 0 Å². The molecule has 1 aliphatic heterocycles. The Hall–Kier alpha value is -0.850. The predicted molar refractivity (Wildman–Crippen MR) is 73.8 cm³/mol. The van der Waals surface area contributed by atoms with E-state index >= 15 is 0 Å². The fourth-order valence-corrected chi connectivity index (χ4v) is 2.92. The van der Waals surface area contributed by atoms with Gasteiger partial charge in [-0.05, 0) is 19.4 Å². The third kappa shape index (κ3) is 3.83. The summed E-state index contributed by atoms with van der Waals surface area (Å²) in [5.41, 5.74) is 5.60. The Morgan fingerprint density at radius 3 is 3.11 bits per heavy atom. The van der Waals surface area contributed by atoms with E-state index in [4.69, 9.17) is 10.5 Å². The third-order valence-corrected chi connectivity index (χ3v) is 3.87. The molecule has 1 saturated heterocycles. The first-order valence-corrected chi connectivity index (χ1v) is 6.51. The Morgan fingerprint density at radius 2 is 2.50 bits per heavy atom. The number of likely N-dealkylation sites (tertiary alicyclic amines) is 1. The summed E-state index contributed by atoms with van der Waals surface area (Å²) < 4.78 is 4.72. The van der Waals surface area contributed by atoms with E-state index in [1.54, 1.807) is 0 Å². The van der Waals surface area contributed by atoms with Crippen molar-refractivity contribution < 1.29 is 9.53 Å². The monoisotopic (exact) mass is 291 g/mol. The molecule has 0 saturated carbocycles. The first-order valence-electron chi connectivity index (χ1n) is 5.70. The van der Waals surface area contributed by atoms with Crippen molar-refractivity contribution in [2.75, 3.05) is 19.4 Å². The van der Waals surface area contributed by atoms with Gasteiger partial charge in [-0.15, -0.1) is 23.7 Å². The van der Waals surface area contributed by atoms with Crippen molar-refractivity contribution in [2.24, 2.45) is 0 Å². The summed E-state index contributed by atoms with van der Waals surface area (Å²) >= 11 is 1.51. The highest BCUT2D eigenvalue weighted by Gasteiger charge is 2.27. The van der Waals surface area contributed by atoms with Gasteiger partial charge in [0, 0.05) is 23.7 Å². The van der Waals surface area contributed by atoms with E-state index in [0.29, 0.717) is 17.6 Å². The normalized spacial score (nSPS) is 19.5. The summed E-state index contributed by atoms with van der Waals surface area (Å²) in [7, 11) is 1.44. The van der Waals surface area contributed by atoms with Crippen molar-refractivity contribution >= 4 is 34.8 Å². The number of aromatic nitrogens is 1. The van der Waals surface area contributed by atoms with E-state index in [1.807, 2.05) is 6.20 Å². The minimum Gasteiger partial charge on any atom is -0.469 e. The number of carbonyl (C=O) groups is 1. The lowest BCUT2D eigenvalue weighted by atomic mass is 10.1. The highest BCUT2D eigenvalue weighted by Crippen LogP contribution is 2.25. The molecule has 18 heavy (non-hydrogen) atoms. The van der Waals surface area contributed by atoms with Crippen LogP contribution in [0.2, 0.25) is 0 Å². The molecule has 0 spiro atoms. The number of ether oxygens (including phenoxy) is 1. The number of thiazole rings is 1. The second-order valence-corrected chi connectivity index (χ2v) is 5.36. The topological polar surface area (TPSA) is 68.5 Å². The van der Waals surface area contributed by atoms with E-state index < -0.39 is 0 Å². The maximum atomic E-state index is 11.3.